The molecular weight excluding hydrogens is 176 g/mol. The molecule has 1 radical (unpaired) electrons. The number of rotatable bonds is 2. The number of hydrogen-bond acceptors (Lipinski definition) is 4. The average Bonchev–Trinajstić information content (AvgIpc) is 2.29. The zero-order valence-electron chi connectivity index (χ0n) is 7.33. The summed E-state index contributed by atoms with van der Waals surface area (Å²) in [6.45, 7) is 0. The second-order valence-corrected chi connectivity index (χ2v) is 2.53. The molecule has 0 bridgehead atoms. The predicted octanol–water partition coefficient (Wildman–Crippen LogP) is 2.69. The first-order valence-electron chi connectivity index (χ1n) is 4.09. The van der Waals surface area contributed by atoms with Crippen LogP contribution in [0.15, 0.2) is 53.1 Å². The fraction of sp³-hybridized carbons (Fsp3) is 0. The van der Waals surface area contributed by atoms with Crippen molar-refractivity contribution in [2.75, 3.05) is 0 Å². The molecule has 14 heavy (non-hydrogen) atoms. The van der Waals surface area contributed by atoms with Crippen LogP contribution in [0.3, 0.4) is 0 Å². The Balaban J connectivity index is 2.16. The Labute approximate surface area is 81.4 Å². The lowest BCUT2D eigenvalue weighted by Crippen LogP contribution is -1.73. The summed E-state index contributed by atoms with van der Waals surface area (Å²) in [5.74, 6) is 0.549. The van der Waals surface area contributed by atoms with Gasteiger partial charge in [-0.25, -0.2) is 9.97 Å². The van der Waals surface area contributed by atoms with Gasteiger partial charge in [-0.1, -0.05) is 12.1 Å². The molecule has 0 aliphatic carbocycles. The number of aromatic nitrogens is 2. The van der Waals surface area contributed by atoms with E-state index in [9.17, 15) is 0 Å². The smallest absolute Gasteiger partial charge is 0.177 e. The summed E-state index contributed by atoms with van der Waals surface area (Å²) in [4.78, 5) is 7.70. The van der Waals surface area contributed by atoms with Crippen LogP contribution >= 0.6 is 0 Å². The van der Waals surface area contributed by atoms with E-state index in [0.717, 1.165) is 5.69 Å². The van der Waals surface area contributed by atoms with Crippen molar-refractivity contribution in [3.63, 3.8) is 0 Å². The van der Waals surface area contributed by atoms with Crippen LogP contribution in [-0.4, -0.2) is 9.97 Å². The third-order valence-corrected chi connectivity index (χ3v) is 1.53. The molecule has 0 spiro atoms. The van der Waals surface area contributed by atoms with E-state index in [1.165, 1.54) is 6.33 Å². The average molecular weight is 183 g/mol. The van der Waals surface area contributed by atoms with Gasteiger partial charge in [-0.05, 0) is 18.2 Å². The third-order valence-electron chi connectivity index (χ3n) is 1.53. The van der Waals surface area contributed by atoms with Crippen LogP contribution < -0.4 is 0 Å². The van der Waals surface area contributed by atoms with Gasteiger partial charge < -0.3 is 0 Å². The molecule has 1 aromatic carbocycles. The van der Waals surface area contributed by atoms with Crippen LogP contribution in [0.25, 0.3) is 0 Å². The van der Waals surface area contributed by atoms with E-state index >= 15 is 0 Å². The monoisotopic (exact) mass is 183 g/mol. The minimum Gasteiger partial charge on any atom is -0.245 e. The van der Waals surface area contributed by atoms with Gasteiger partial charge in [0.15, 0.2) is 5.82 Å². The minimum atomic E-state index is 0.549. The second-order valence-electron chi connectivity index (χ2n) is 2.53. The molecule has 2 rings (SSSR count). The van der Waals surface area contributed by atoms with Crippen molar-refractivity contribution < 1.29 is 0 Å². The normalized spacial score (nSPS) is 10.6. The first-order valence-corrected chi connectivity index (χ1v) is 4.09. The Bertz CT molecular complexity index is 369. The maximum atomic E-state index is 3.99. The highest BCUT2D eigenvalue weighted by Gasteiger charge is 1.88. The van der Waals surface area contributed by atoms with Crippen molar-refractivity contribution in [2.45, 2.75) is 0 Å². The molecule has 0 saturated heterocycles. The van der Waals surface area contributed by atoms with E-state index in [2.05, 4.69) is 26.3 Å². The lowest BCUT2D eigenvalue weighted by Gasteiger charge is -1.90. The summed E-state index contributed by atoms with van der Waals surface area (Å²) in [7, 11) is 0. The molecule has 2 aromatic rings. The first kappa shape index (κ1) is 8.50. The van der Waals surface area contributed by atoms with Crippen molar-refractivity contribution >= 4 is 11.5 Å². The third kappa shape index (κ3) is 2.20. The quantitative estimate of drug-likeness (QED) is 0.672. The van der Waals surface area contributed by atoms with E-state index in [0.29, 0.717) is 5.82 Å². The van der Waals surface area contributed by atoms with Gasteiger partial charge >= 0.3 is 0 Å². The van der Waals surface area contributed by atoms with Crippen LogP contribution in [0.4, 0.5) is 11.5 Å². The molecule has 0 fully saturated rings. The van der Waals surface area contributed by atoms with Crippen LogP contribution in [0, 0.1) is 6.07 Å². The van der Waals surface area contributed by atoms with Gasteiger partial charge in [0, 0.05) is 12.3 Å². The Morgan fingerprint density at radius 2 is 1.93 bits per heavy atom. The molecule has 4 nitrogen and oxygen atoms in total. The Morgan fingerprint density at radius 3 is 2.64 bits per heavy atom. The molecule has 0 unspecified atom stereocenters. The Morgan fingerprint density at radius 1 is 1.07 bits per heavy atom. The summed E-state index contributed by atoms with van der Waals surface area (Å²) in [5, 5.41) is 7.93. The SMILES string of the molecule is [c]1ccc(N=Nc2ccncn2)cc1. The van der Waals surface area contributed by atoms with Crippen molar-refractivity contribution in [2.24, 2.45) is 10.2 Å². The summed E-state index contributed by atoms with van der Waals surface area (Å²) in [6.07, 6.45) is 3.06. The van der Waals surface area contributed by atoms with Crippen LogP contribution in [0.1, 0.15) is 0 Å². The largest absolute Gasteiger partial charge is 0.245 e. The Kier molecular flexibility index (Phi) is 2.56. The van der Waals surface area contributed by atoms with Crippen LogP contribution in [0.2, 0.25) is 0 Å². The van der Waals surface area contributed by atoms with Gasteiger partial charge in [-0.3, -0.25) is 0 Å². The topological polar surface area (TPSA) is 50.5 Å². The van der Waals surface area contributed by atoms with Gasteiger partial charge in [-0.15, -0.1) is 10.2 Å². The van der Waals surface area contributed by atoms with Gasteiger partial charge in [-0.2, -0.15) is 0 Å². The molecule has 1 heterocycles. The number of hydrogen-bond donors (Lipinski definition) is 0. The Hall–Kier alpha value is -2.10. The van der Waals surface area contributed by atoms with Crippen molar-refractivity contribution in [1.82, 2.24) is 9.97 Å². The van der Waals surface area contributed by atoms with Gasteiger partial charge in [0.2, 0.25) is 0 Å². The van der Waals surface area contributed by atoms with E-state index < -0.39 is 0 Å². The molecule has 0 saturated carbocycles. The molecule has 4 heteroatoms. The highest BCUT2D eigenvalue weighted by molar-refractivity contribution is 5.35. The van der Waals surface area contributed by atoms with Gasteiger partial charge in [0.1, 0.15) is 6.33 Å². The first-order chi connectivity index (χ1) is 6.95. The van der Waals surface area contributed by atoms with Crippen molar-refractivity contribution in [3.05, 3.63) is 48.9 Å². The molecule has 0 amide bonds. The fourth-order valence-corrected chi connectivity index (χ4v) is 0.897. The van der Waals surface area contributed by atoms with Crippen molar-refractivity contribution in [3.8, 4) is 0 Å². The lowest BCUT2D eigenvalue weighted by molar-refractivity contribution is 1.10. The zero-order chi connectivity index (χ0) is 9.64. The predicted molar refractivity (Wildman–Crippen MR) is 51.5 cm³/mol. The van der Waals surface area contributed by atoms with E-state index in [-0.39, 0.29) is 0 Å². The summed E-state index contributed by atoms with van der Waals surface area (Å²) in [5.41, 5.74) is 0.780. The van der Waals surface area contributed by atoms with E-state index in [1.807, 2.05) is 12.1 Å². The molecule has 0 aliphatic rings. The number of benzene rings is 1. The van der Waals surface area contributed by atoms with Gasteiger partial charge in [0.05, 0.1) is 5.69 Å². The fourth-order valence-electron chi connectivity index (χ4n) is 0.897. The lowest BCUT2D eigenvalue weighted by atomic mass is 10.3. The number of azo groups is 1. The van der Waals surface area contributed by atoms with Crippen LogP contribution in [0.5, 0.6) is 0 Å². The highest BCUT2D eigenvalue weighted by Crippen LogP contribution is 2.13. The second kappa shape index (κ2) is 4.23. The molecular formula is C10H7N4. The van der Waals surface area contributed by atoms with Crippen molar-refractivity contribution in [1.29, 1.82) is 0 Å². The molecule has 0 aliphatic heterocycles. The molecule has 1 aromatic heterocycles. The van der Waals surface area contributed by atoms with Gasteiger partial charge in [0.25, 0.3) is 0 Å². The van der Waals surface area contributed by atoms with Crippen LogP contribution in [-0.2, 0) is 0 Å². The summed E-state index contributed by atoms with van der Waals surface area (Å²) < 4.78 is 0. The molecule has 0 N–H and O–H groups in total. The van der Waals surface area contributed by atoms with E-state index in [1.54, 1.807) is 24.4 Å². The molecule has 67 valence electrons. The molecule has 0 atom stereocenters. The number of nitrogens with zero attached hydrogens (tertiary/aromatic N) is 4. The zero-order valence-corrected chi connectivity index (χ0v) is 7.33. The van der Waals surface area contributed by atoms with E-state index in [4.69, 9.17) is 0 Å². The highest BCUT2D eigenvalue weighted by atomic mass is 15.1. The maximum absolute atomic E-state index is 3.99. The maximum Gasteiger partial charge on any atom is 0.177 e. The summed E-state index contributed by atoms with van der Waals surface area (Å²) in [6, 6.07) is 11.8. The summed E-state index contributed by atoms with van der Waals surface area (Å²) >= 11 is 0. The minimum absolute atomic E-state index is 0.549. The standard InChI is InChI=1S/C10H7N4/c1-2-4-9(5-3-1)13-14-10-6-7-11-8-12-10/h2-8H.